The van der Waals surface area contributed by atoms with Crippen LogP contribution in [0.5, 0.6) is 5.75 Å². The zero-order valence-corrected chi connectivity index (χ0v) is 15.7. The Hall–Kier alpha value is -2.86. The Labute approximate surface area is 160 Å². The Kier molecular flexibility index (Phi) is 6.82. The van der Waals surface area contributed by atoms with Crippen molar-refractivity contribution in [3.8, 4) is 5.75 Å². The van der Waals surface area contributed by atoms with Gasteiger partial charge in [-0.15, -0.1) is 0 Å². The number of anilines is 1. The van der Waals surface area contributed by atoms with Crippen LogP contribution in [0.25, 0.3) is 0 Å². The number of benzene rings is 2. The van der Waals surface area contributed by atoms with Crippen LogP contribution in [0.15, 0.2) is 59.7 Å². The first-order valence-electron chi connectivity index (χ1n) is 9.34. The Balaban J connectivity index is 1.36. The van der Waals surface area contributed by atoms with Crippen molar-refractivity contribution in [2.75, 3.05) is 44.7 Å². The minimum Gasteiger partial charge on any atom is -0.497 e. The molecule has 0 atom stereocenters. The molecule has 0 saturated carbocycles. The van der Waals surface area contributed by atoms with Crippen molar-refractivity contribution in [2.24, 2.45) is 5.10 Å². The van der Waals surface area contributed by atoms with Crippen molar-refractivity contribution in [3.05, 3.63) is 60.2 Å². The smallest absolute Gasteiger partial charge is 0.245 e. The summed E-state index contributed by atoms with van der Waals surface area (Å²) in [7, 11) is 1.63. The summed E-state index contributed by atoms with van der Waals surface area (Å²) in [5, 5.41) is 4.03. The largest absolute Gasteiger partial charge is 0.497 e. The molecule has 2 N–H and O–H groups in total. The van der Waals surface area contributed by atoms with Gasteiger partial charge in [-0.3, -0.25) is 4.79 Å². The molecule has 1 amide bonds. The number of nitrogens with zero attached hydrogens (tertiary/aromatic N) is 2. The molecule has 6 nitrogen and oxygen atoms in total. The Morgan fingerprint density at radius 3 is 2.70 bits per heavy atom. The van der Waals surface area contributed by atoms with Crippen molar-refractivity contribution in [1.29, 1.82) is 0 Å². The number of hydrazone groups is 1. The summed E-state index contributed by atoms with van der Waals surface area (Å²) in [6, 6.07) is 18.0. The first-order chi connectivity index (χ1) is 13.2. The molecule has 142 valence electrons. The molecular formula is C21H27N4O2+. The van der Waals surface area contributed by atoms with Gasteiger partial charge in [-0.05, 0) is 29.8 Å². The first kappa shape index (κ1) is 18.9. The van der Waals surface area contributed by atoms with E-state index in [0.717, 1.165) is 44.0 Å². The van der Waals surface area contributed by atoms with E-state index in [1.165, 1.54) is 10.6 Å². The van der Waals surface area contributed by atoms with Gasteiger partial charge in [0.1, 0.15) is 5.75 Å². The standard InChI is InChI=1S/C21H26N4O2/c1-27-20-9-5-6-18(16-20)17-22-23-21(26)10-11-24-12-14-25(15-13-24)19-7-3-2-4-8-19/h2-9,16-17H,10-15H2,1H3,(H,23,26)/p+1/b22-17-. The van der Waals surface area contributed by atoms with E-state index in [4.69, 9.17) is 4.74 Å². The average Bonchev–Trinajstić information content (AvgIpc) is 2.73. The number of carbonyl (C=O) groups excluding carboxylic acids is 1. The lowest BCUT2D eigenvalue weighted by Gasteiger charge is -2.33. The van der Waals surface area contributed by atoms with Crippen molar-refractivity contribution in [3.63, 3.8) is 0 Å². The number of para-hydroxylation sites is 1. The van der Waals surface area contributed by atoms with Gasteiger partial charge in [0.05, 0.1) is 52.5 Å². The van der Waals surface area contributed by atoms with Crippen LogP contribution < -0.4 is 20.0 Å². The highest BCUT2D eigenvalue weighted by molar-refractivity contribution is 5.82. The van der Waals surface area contributed by atoms with Gasteiger partial charge in [-0.2, -0.15) is 5.10 Å². The maximum absolute atomic E-state index is 12.0. The topological polar surface area (TPSA) is 58.4 Å². The Bertz CT molecular complexity index is 756. The van der Waals surface area contributed by atoms with E-state index in [9.17, 15) is 4.79 Å². The highest BCUT2D eigenvalue weighted by Gasteiger charge is 2.20. The van der Waals surface area contributed by atoms with Crippen LogP contribution in [0.3, 0.4) is 0 Å². The minimum absolute atomic E-state index is 0.0489. The summed E-state index contributed by atoms with van der Waals surface area (Å²) in [6.07, 6.45) is 2.11. The van der Waals surface area contributed by atoms with Gasteiger partial charge in [0.25, 0.3) is 0 Å². The minimum atomic E-state index is -0.0489. The van der Waals surface area contributed by atoms with Crippen molar-refractivity contribution in [1.82, 2.24) is 5.43 Å². The van der Waals surface area contributed by atoms with Crippen LogP contribution in [0.2, 0.25) is 0 Å². The Morgan fingerprint density at radius 2 is 1.96 bits per heavy atom. The van der Waals surface area contributed by atoms with Crippen LogP contribution in [0.1, 0.15) is 12.0 Å². The number of methoxy groups -OCH3 is 1. The summed E-state index contributed by atoms with van der Waals surface area (Å²) in [6.45, 7) is 4.98. The van der Waals surface area contributed by atoms with Crippen molar-refractivity contribution in [2.45, 2.75) is 6.42 Å². The van der Waals surface area contributed by atoms with Gasteiger partial charge in [0.2, 0.25) is 5.91 Å². The molecule has 0 spiro atoms. The van der Waals surface area contributed by atoms with E-state index in [-0.39, 0.29) is 5.91 Å². The van der Waals surface area contributed by atoms with E-state index in [1.54, 1.807) is 13.3 Å². The molecule has 6 heteroatoms. The van der Waals surface area contributed by atoms with Gasteiger partial charge in [0, 0.05) is 5.69 Å². The third-order valence-corrected chi connectivity index (χ3v) is 4.79. The molecule has 27 heavy (non-hydrogen) atoms. The van der Waals surface area contributed by atoms with E-state index in [1.807, 2.05) is 30.3 Å². The fourth-order valence-electron chi connectivity index (χ4n) is 3.22. The predicted molar refractivity (Wildman–Crippen MR) is 108 cm³/mol. The second-order valence-electron chi connectivity index (χ2n) is 6.64. The molecule has 1 saturated heterocycles. The summed E-state index contributed by atoms with van der Waals surface area (Å²) >= 11 is 0. The second-order valence-corrected chi connectivity index (χ2v) is 6.64. The monoisotopic (exact) mass is 367 g/mol. The lowest BCUT2D eigenvalue weighted by Crippen LogP contribution is -3.15. The number of amides is 1. The number of hydrogen-bond acceptors (Lipinski definition) is 4. The highest BCUT2D eigenvalue weighted by atomic mass is 16.5. The van der Waals surface area contributed by atoms with Crippen LogP contribution in [0, 0.1) is 0 Å². The molecule has 3 rings (SSSR count). The molecular weight excluding hydrogens is 340 g/mol. The maximum atomic E-state index is 12.0. The molecule has 2 aromatic rings. The van der Waals surface area contributed by atoms with Crippen molar-refractivity contribution >= 4 is 17.8 Å². The molecule has 1 aliphatic rings. The maximum Gasteiger partial charge on any atom is 0.245 e. The fraction of sp³-hybridized carbons (Fsp3) is 0.333. The molecule has 0 aliphatic carbocycles. The number of ether oxygens (including phenoxy) is 1. The van der Waals surface area contributed by atoms with Crippen LogP contribution in [-0.4, -0.2) is 52.0 Å². The number of nitrogens with one attached hydrogen (secondary N) is 2. The van der Waals surface area contributed by atoms with Gasteiger partial charge >= 0.3 is 0 Å². The number of carbonyl (C=O) groups is 1. The van der Waals surface area contributed by atoms with Crippen molar-refractivity contribution < 1.29 is 14.4 Å². The van der Waals surface area contributed by atoms with Gasteiger partial charge < -0.3 is 14.5 Å². The van der Waals surface area contributed by atoms with Gasteiger partial charge in [0.15, 0.2) is 0 Å². The SMILES string of the molecule is COc1cccc(/C=N\NC(=O)CC[NH+]2CCN(c3ccccc3)CC2)c1. The van der Waals surface area contributed by atoms with Crippen LogP contribution in [0.4, 0.5) is 5.69 Å². The molecule has 0 unspecified atom stereocenters. The predicted octanol–water partition coefficient (Wildman–Crippen LogP) is 0.941. The zero-order chi connectivity index (χ0) is 18.9. The summed E-state index contributed by atoms with van der Waals surface area (Å²) in [5.74, 6) is 0.718. The van der Waals surface area contributed by atoms with Gasteiger partial charge in [-0.1, -0.05) is 30.3 Å². The number of hydrogen-bond donors (Lipinski definition) is 2. The van der Waals surface area contributed by atoms with Crippen LogP contribution in [-0.2, 0) is 4.79 Å². The highest BCUT2D eigenvalue weighted by Crippen LogP contribution is 2.12. The average molecular weight is 367 g/mol. The summed E-state index contributed by atoms with van der Waals surface area (Å²) in [5.41, 5.74) is 4.77. The van der Waals surface area contributed by atoms with E-state index < -0.39 is 0 Å². The summed E-state index contributed by atoms with van der Waals surface area (Å²) < 4.78 is 5.17. The van der Waals surface area contributed by atoms with E-state index in [0.29, 0.717) is 6.42 Å². The molecule has 0 bridgehead atoms. The molecule has 1 heterocycles. The lowest BCUT2D eigenvalue weighted by molar-refractivity contribution is -0.900. The third kappa shape index (κ3) is 5.82. The van der Waals surface area contributed by atoms with E-state index in [2.05, 4.69) is 39.7 Å². The first-order valence-corrected chi connectivity index (χ1v) is 9.34. The second kappa shape index (κ2) is 9.73. The van der Waals surface area contributed by atoms with Gasteiger partial charge in [-0.25, -0.2) is 5.43 Å². The third-order valence-electron chi connectivity index (χ3n) is 4.79. The molecule has 2 aromatic carbocycles. The van der Waals surface area contributed by atoms with Crippen LogP contribution >= 0.6 is 0 Å². The number of piperazine rings is 1. The normalized spacial score (nSPS) is 15.1. The number of rotatable bonds is 7. The quantitative estimate of drug-likeness (QED) is 0.566. The summed E-state index contributed by atoms with van der Waals surface area (Å²) in [4.78, 5) is 15.9. The molecule has 1 aliphatic heterocycles. The van der Waals surface area contributed by atoms with E-state index >= 15 is 0 Å². The number of quaternary nitrogens is 1. The molecule has 0 aromatic heterocycles. The molecule has 0 radical (unpaired) electrons. The zero-order valence-electron chi connectivity index (χ0n) is 15.7. The molecule has 1 fully saturated rings. The lowest BCUT2D eigenvalue weighted by atomic mass is 10.2. The fourth-order valence-corrected chi connectivity index (χ4v) is 3.22. The Morgan fingerprint density at radius 1 is 1.19 bits per heavy atom.